The molecular weight excluding hydrogens is 793 g/mol. The van der Waals surface area contributed by atoms with Gasteiger partial charge in [0.25, 0.3) is 0 Å². The third-order valence-electron chi connectivity index (χ3n) is 9.77. The fourth-order valence-corrected chi connectivity index (χ4v) is 6.93. The van der Waals surface area contributed by atoms with E-state index >= 15 is 0 Å². The molecule has 9 nitrogen and oxygen atoms in total. The average Bonchev–Trinajstić information content (AvgIpc) is 4.10. The van der Waals surface area contributed by atoms with Gasteiger partial charge in [-0.1, -0.05) is 91.6 Å². The Balaban J connectivity index is 0.00000544. The number of benzene rings is 3. The van der Waals surface area contributed by atoms with Crippen molar-refractivity contribution in [3.05, 3.63) is 202 Å². The van der Waals surface area contributed by atoms with E-state index in [0.717, 1.165) is 33.5 Å². The second kappa shape index (κ2) is 18.2. The number of aromatic nitrogens is 1. The Kier molecular flexibility index (Phi) is 12.4. The number of ether oxygens (including phenoxy) is 2. The van der Waals surface area contributed by atoms with Gasteiger partial charge in [0.05, 0.1) is 52.4 Å². The predicted octanol–water partition coefficient (Wildman–Crippen LogP) is 7.78. The summed E-state index contributed by atoms with van der Waals surface area (Å²) in [5.74, 6) is 5.20. The van der Waals surface area contributed by atoms with Crippen LogP contribution in [0.25, 0.3) is 16.7 Å². The fourth-order valence-electron chi connectivity index (χ4n) is 6.93. The van der Waals surface area contributed by atoms with Crippen LogP contribution < -0.4 is 15.0 Å². The van der Waals surface area contributed by atoms with Gasteiger partial charge < -0.3 is 24.5 Å². The molecule has 4 aliphatic rings. The van der Waals surface area contributed by atoms with Crippen molar-refractivity contribution in [3.8, 4) is 11.8 Å². The first-order valence-electron chi connectivity index (χ1n) is 19.3. The first-order valence-corrected chi connectivity index (χ1v) is 19.3. The quantitative estimate of drug-likeness (QED) is 0.0590. The minimum atomic E-state index is -0.806. The molecule has 0 unspecified atom stereocenters. The molecule has 8 rings (SSSR count). The zero-order valence-corrected chi connectivity index (χ0v) is 34.4. The first kappa shape index (κ1) is 41.0. The smallest absolute Gasteiger partial charge is 0.656 e. The molecular formula is C50H39N5NiO4. The molecule has 0 atom stereocenters. The van der Waals surface area contributed by atoms with E-state index in [-0.39, 0.29) is 35.3 Å². The minimum Gasteiger partial charge on any atom is -0.656 e. The van der Waals surface area contributed by atoms with Crippen molar-refractivity contribution in [1.29, 1.82) is 0 Å². The number of carbonyl (C=O) groups is 1. The molecule has 4 aliphatic heterocycles. The van der Waals surface area contributed by atoms with E-state index < -0.39 is 11.9 Å². The van der Waals surface area contributed by atoms with E-state index in [1.807, 2.05) is 148 Å². The van der Waals surface area contributed by atoms with Gasteiger partial charge in [0.1, 0.15) is 0 Å². The molecule has 4 aromatic rings. The van der Waals surface area contributed by atoms with Crippen molar-refractivity contribution in [2.45, 2.75) is 13.8 Å². The summed E-state index contributed by atoms with van der Waals surface area (Å²) in [5.41, 5.74) is 11.1. The van der Waals surface area contributed by atoms with E-state index in [0.29, 0.717) is 56.8 Å². The molecule has 0 radical (unpaired) electrons. The summed E-state index contributed by atoms with van der Waals surface area (Å²) < 4.78 is 10.7. The standard InChI is InChI=1S/C50H41N5O4.Ni/c1-5-58-49(56)38(50(57)59-6-2)31-37-41-25-29-45(53-41)47(33-13-9-7-10-14-33)43-27-23-39(51-43)36(22-19-32-17-20-35(21-18-32)55(3)4)40-24-28-44(52-40)48(34-15-11-8-12-16-34)46-30-26-42(37)54-46;/h7-18,20-21,23-31H,5-6H2,1-4H3,(H2,51,52,53,54,56,57);/q;+2/p-2. The van der Waals surface area contributed by atoms with Crippen molar-refractivity contribution < 1.29 is 35.9 Å². The third-order valence-corrected chi connectivity index (χ3v) is 9.77. The molecule has 10 heteroatoms. The van der Waals surface area contributed by atoms with Crippen LogP contribution in [0, 0.1) is 11.8 Å². The van der Waals surface area contributed by atoms with Crippen molar-refractivity contribution >= 4 is 45.5 Å². The van der Waals surface area contributed by atoms with Crippen LogP contribution >= 0.6 is 0 Å². The average molecular weight is 833 g/mol. The van der Waals surface area contributed by atoms with Crippen LogP contribution in [0.3, 0.4) is 0 Å². The maximum Gasteiger partial charge on any atom is 2.00 e. The van der Waals surface area contributed by atoms with Crippen LogP contribution in [0.2, 0.25) is 0 Å². The number of hydrogen-bond donors (Lipinski definition) is 0. The topological polar surface area (TPSA) is 113 Å². The molecule has 298 valence electrons. The number of nitrogens with zero attached hydrogens (tertiary/aromatic N) is 5. The molecule has 3 aromatic carbocycles. The minimum absolute atomic E-state index is 0. The summed E-state index contributed by atoms with van der Waals surface area (Å²) in [6.07, 6.45) is 12.9. The summed E-state index contributed by atoms with van der Waals surface area (Å²) >= 11 is 0. The van der Waals surface area contributed by atoms with Crippen molar-refractivity contribution in [2.75, 3.05) is 32.2 Å². The summed E-state index contributed by atoms with van der Waals surface area (Å²) in [4.78, 5) is 36.1. The molecule has 0 saturated carbocycles. The maximum absolute atomic E-state index is 13.3. The molecule has 0 aliphatic carbocycles. The molecule has 0 saturated heterocycles. The SMILES string of the molecule is CCOC(=O)C(C=C1C2=NC(=C(c3ccccc3)C3=NC(=C(C#Cc4ccc(N(C)C)cc4)c4ccc([n-]4)C(c4ccccc4)=C4C=CC1=N4)C=C3)C=C2)=C([O-])OCC.[Ni+2]. The first-order chi connectivity index (χ1) is 28.8. The monoisotopic (exact) mass is 831 g/mol. The van der Waals surface area contributed by atoms with Crippen LogP contribution in [0.1, 0.15) is 41.9 Å². The summed E-state index contributed by atoms with van der Waals surface area (Å²) in [6.45, 7) is 3.51. The van der Waals surface area contributed by atoms with Crippen molar-refractivity contribution in [1.82, 2.24) is 4.98 Å². The van der Waals surface area contributed by atoms with Gasteiger partial charge in [-0.05, 0) is 97.0 Å². The number of anilines is 1. The second-order valence-corrected chi connectivity index (χ2v) is 13.8. The Bertz CT molecular complexity index is 2760. The van der Waals surface area contributed by atoms with Gasteiger partial charge in [0.2, 0.25) is 0 Å². The van der Waals surface area contributed by atoms with Crippen LogP contribution in [0.4, 0.5) is 5.69 Å². The van der Waals surface area contributed by atoms with Crippen LogP contribution in [-0.2, 0) is 30.8 Å². The molecule has 8 bridgehead atoms. The Hall–Kier alpha value is -7.21. The predicted molar refractivity (Wildman–Crippen MR) is 233 cm³/mol. The summed E-state index contributed by atoms with van der Waals surface area (Å²) in [7, 11) is 4.02. The zero-order chi connectivity index (χ0) is 40.9. The number of hydrogen-bond acceptors (Lipinski definition) is 8. The van der Waals surface area contributed by atoms with Gasteiger partial charge in [-0.2, -0.15) is 0 Å². The van der Waals surface area contributed by atoms with Crippen LogP contribution in [0.5, 0.6) is 0 Å². The largest absolute Gasteiger partial charge is 2.00 e. The van der Waals surface area contributed by atoms with E-state index in [2.05, 4.69) is 16.7 Å². The third kappa shape index (κ3) is 8.49. The van der Waals surface area contributed by atoms with Crippen LogP contribution in [0.15, 0.2) is 189 Å². The second-order valence-electron chi connectivity index (χ2n) is 13.8. The number of allylic oxidation sites excluding steroid dienone is 9. The number of fused-ring (bicyclic) bond motifs is 5. The van der Waals surface area contributed by atoms with Crippen molar-refractivity contribution in [3.63, 3.8) is 0 Å². The van der Waals surface area contributed by atoms with E-state index in [4.69, 9.17) is 29.4 Å². The van der Waals surface area contributed by atoms with Gasteiger partial charge in [-0.15, -0.1) is 11.4 Å². The Labute approximate surface area is 359 Å². The van der Waals surface area contributed by atoms with E-state index in [9.17, 15) is 9.90 Å². The van der Waals surface area contributed by atoms with E-state index in [1.54, 1.807) is 13.8 Å². The van der Waals surface area contributed by atoms with E-state index in [1.165, 1.54) is 6.08 Å². The molecule has 0 spiro atoms. The van der Waals surface area contributed by atoms with Gasteiger partial charge in [0, 0.05) is 42.1 Å². The molecule has 0 amide bonds. The van der Waals surface area contributed by atoms with Gasteiger partial charge in [0.15, 0.2) is 0 Å². The Morgan fingerprint density at radius 3 is 1.83 bits per heavy atom. The zero-order valence-electron chi connectivity index (χ0n) is 33.4. The maximum atomic E-state index is 13.3. The number of rotatable bonds is 8. The normalized spacial score (nSPS) is 16.2. The molecule has 0 N–H and O–H groups in total. The molecule has 5 heterocycles. The number of esters is 1. The van der Waals surface area contributed by atoms with Gasteiger partial charge >= 0.3 is 22.5 Å². The molecule has 1 aromatic heterocycles. The Morgan fingerprint density at radius 1 is 0.667 bits per heavy atom. The van der Waals surface area contributed by atoms with Gasteiger partial charge in [-0.3, -0.25) is 0 Å². The number of carbonyl (C=O) groups excluding carboxylic acids is 1. The fraction of sp³-hybridized carbons (Fsp3) is 0.120. The van der Waals surface area contributed by atoms with Crippen molar-refractivity contribution in [2.24, 2.45) is 15.0 Å². The Morgan fingerprint density at radius 2 is 1.22 bits per heavy atom. The van der Waals surface area contributed by atoms with Crippen LogP contribution in [-0.4, -0.2) is 50.4 Å². The molecule has 0 fully saturated rings. The molecule has 60 heavy (non-hydrogen) atoms. The summed E-state index contributed by atoms with van der Waals surface area (Å²) in [5, 5.41) is 13.3. The summed E-state index contributed by atoms with van der Waals surface area (Å²) in [6, 6.07) is 31.9. The number of aliphatic imine (C=N–C) groups is 3. The van der Waals surface area contributed by atoms with Gasteiger partial charge in [-0.25, -0.2) is 19.8 Å².